The summed E-state index contributed by atoms with van der Waals surface area (Å²) in [4.78, 5) is 15.7. The zero-order valence-corrected chi connectivity index (χ0v) is 15.7. The minimum atomic E-state index is -0.263. The Hall–Kier alpha value is -4.12. The fraction of sp³-hybridized carbons (Fsp3) is 0.0952. The summed E-state index contributed by atoms with van der Waals surface area (Å²) in [6, 6.07) is 10.4. The first-order chi connectivity index (χ1) is 14.0. The van der Waals surface area contributed by atoms with Gasteiger partial charge in [-0.3, -0.25) is 9.97 Å². The van der Waals surface area contributed by atoms with Crippen molar-refractivity contribution in [3.63, 3.8) is 0 Å². The SMILES string of the molecule is CCc1cnc2cc(F)ccc2c1-c1cccnc1.N#Cc1c(N)ncnc1N. The maximum Gasteiger partial charge on any atom is 0.146 e. The van der Waals surface area contributed by atoms with E-state index in [1.54, 1.807) is 18.3 Å². The van der Waals surface area contributed by atoms with E-state index in [1.165, 1.54) is 18.5 Å². The summed E-state index contributed by atoms with van der Waals surface area (Å²) in [5.74, 6) is -0.0219. The molecule has 4 rings (SSSR count). The second-order valence-electron chi connectivity index (χ2n) is 6.05. The van der Waals surface area contributed by atoms with Crippen molar-refractivity contribution in [1.29, 1.82) is 5.26 Å². The molecule has 0 atom stereocenters. The van der Waals surface area contributed by atoms with Crippen LogP contribution in [-0.2, 0) is 6.42 Å². The van der Waals surface area contributed by atoms with Gasteiger partial charge in [0.25, 0.3) is 0 Å². The second kappa shape index (κ2) is 8.71. The molecule has 0 bridgehead atoms. The lowest BCUT2D eigenvalue weighted by Crippen LogP contribution is -2.01. The molecule has 4 aromatic rings. The van der Waals surface area contributed by atoms with Gasteiger partial charge in [-0.2, -0.15) is 5.26 Å². The smallest absolute Gasteiger partial charge is 0.146 e. The van der Waals surface area contributed by atoms with Crippen molar-refractivity contribution in [1.82, 2.24) is 19.9 Å². The Labute approximate surface area is 166 Å². The highest BCUT2D eigenvalue weighted by Crippen LogP contribution is 2.31. The van der Waals surface area contributed by atoms with Crippen LogP contribution in [0.25, 0.3) is 22.0 Å². The van der Waals surface area contributed by atoms with Gasteiger partial charge in [0.15, 0.2) is 0 Å². The first-order valence-electron chi connectivity index (χ1n) is 8.78. The molecule has 3 aromatic heterocycles. The topological polar surface area (TPSA) is 127 Å². The maximum absolute atomic E-state index is 13.3. The number of fused-ring (bicyclic) bond motifs is 1. The molecule has 0 saturated heterocycles. The number of nitrogens with two attached hydrogens (primary N) is 2. The third kappa shape index (κ3) is 4.25. The van der Waals surface area contributed by atoms with Crippen LogP contribution in [0.1, 0.15) is 18.1 Å². The van der Waals surface area contributed by atoms with Crippen molar-refractivity contribution in [2.45, 2.75) is 13.3 Å². The molecule has 8 heteroatoms. The van der Waals surface area contributed by atoms with Gasteiger partial charge >= 0.3 is 0 Å². The summed E-state index contributed by atoms with van der Waals surface area (Å²) < 4.78 is 13.3. The van der Waals surface area contributed by atoms with Crippen molar-refractivity contribution in [2.75, 3.05) is 11.5 Å². The van der Waals surface area contributed by atoms with Crippen LogP contribution in [-0.4, -0.2) is 19.9 Å². The number of hydrogen-bond donors (Lipinski definition) is 2. The van der Waals surface area contributed by atoms with Gasteiger partial charge in [0, 0.05) is 35.6 Å². The van der Waals surface area contributed by atoms with Crippen LogP contribution in [0.4, 0.5) is 16.0 Å². The van der Waals surface area contributed by atoms with Crippen LogP contribution < -0.4 is 11.5 Å². The predicted octanol–water partition coefficient (Wildman–Crippen LogP) is 3.51. The fourth-order valence-corrected chi connectivity index (χ4v) is 2.86. The summed E-state index contributed by atoms with van der Waals surface area (Å²) in [5.41, 5.74) is 14.7. The predicted molar refractivity (Wildman–Crippen MR) is 110 cm³/mol. The molecule has 0 aliphatic carbocycles. The molecule has 3 heterocycles. The Morgan fingerprint density at radius 2 is 1.83 bits per heavy atom. The lowest BCUT2D eigenvalue weighted by molar-refractivity contribution is 0.629. The van der Waals surface area contributed by atoms with Crippen LogP contribution in [0.15, 0.2) is 55.2 Å². The minimum absolute atomic E-state index is 0.120. The number of aromatic nitrogens is 4. The molecule has 7 nitrogen and oxygen atoms in total. The molecule has 4 N–H and O–H groups in total. The molecule has 0 radical (unpaired) electrons. The largest absolute Gasteiger partial charge is 0.382 e. The first-order valence-corrected chi connectivity index (χ1v) is 8.78. The molecule has 0 spiro atoms. The highest BCUT2D eigenvalue weighted by molar-refractivity contribution is 5.95. The van der Waals surface area contributed by atoms with Gasteiger partial charge < -0.3 is 11.5 Å². The highest BCUT2D eigenvalue weighted by atomic mass is 19.1. The van der Waals surface area contributed by atoms with E-state index < -0.39 is 0 Å². The molecule has 144 valence electrons. The van der Waals surface area contributed by atoms with E-state index in [9.17, 15) is 4.39 Å². The number of aryl methyl sites for hydroxylation is 1. The Balaban J connectivity index is 0.000000204. The van der Waals surface area contributed by atoms with Crippen molar-refractivity contribution in [3.05, 3.63) is 72.2 Å². The maximum atomic E-state index is 13.3. The van der Waals surface area contributed by atoms with Gasteiger partial charge in [0.2, 0.25) is 0 Å². The van der Waals surface area contributed by atoms with E-state index in [-0.39, 0.29) is 23.0 Å². The molecule has 0 unspecified atom stereocenters. The number of pyridine rings is 2. The van der Waals surface area contributed by atoms with Crippen LogP contribution in [0.5, 0.6) is 0 Å². The molecule has 0 fully saturated rings. The van der Waals surface area contributed by atoms with E-state index in [4.69, 9.17) is 16.7 Å². The number of hydrogen-bond acceptors (Lipinski definition) is 7. The summed E-state index contributed by atoms with van der Waals surface area (Å²) in [5, 5.41) is 9.38. The molecular weight excluding hydrogens is 369 g/mol. The standard InChI is InChI=1S/C16H13FN2.C5H5N5/c1-2-11-10-19-15-8-13(17)5-6-14(15)16(11)12-4-3-7-18-9-12;6-1-3-4(7)9-2-10-5(3)8/h3-10H,2H2,1H3;2H,(H4,7,8,9,10). The van der Waals surface area contributed by atoms with E-state index in [0.29, 0.717) is 5.52 Å². The van der Waals surface area contributed by atoms with E-state index in [0.717, 1.165) is 28.5 Å². The average molecular weight is 387 g/mol. The zero-order chi connectivity index (χ0) is 20.8. The van der Waals surface area contributed by atoms with Crippen LogP contribution in [0.2, 0.25) is 0 Å². The summed E-state index contributed by atoms with van der Waals surface area (Å²) in [6.07, 6.45) is 7.50. The minimum Gasteiger partial charge on any atom is -0.382 e. The van der Waals surface area contributed by atoms with Gasteiger partial charge in [0.1, 0.15) is 35.4 Å². The molecular formula is C21H18FN7. The Morgan fingerprint density at radius 1 is 1.07 bits per heavy atom. The summed E-state index contributed by atoms with van der Waals surface area (Å²) in [7, 11) is 0. The third-order valence-corrected chi connectivity index (χ3v) is 4.26. The van der Waals surface area contributed by atoms with Crippen molar-refractivity contribution in [2.24, 2.45) is 0 Å². The summed E-state index contributed by atoms with van der Waals surface area (Å²) >= 11 is 0. The normalized spacial score (nSPS) is 10.1. The highest BCUT2D eigenvalue weighted by Gasteiger charge is 2.10. The number of anilines is 2. The number of nitriles is 1. The molecule has 0 amide bonds. The molecule has 0 aliphatic rings. The molecule has 1 aromatic carbocycles. The lowest BCUT2D eigenvalue weighted by atomic mass is 9.96. The van der Waals surface area contributed by atoms with Crippen molar-refractivity contribution < 1.29 is 4.39 Å². The Bertz CT molecular complexity index is 1170. The number of nitrogens with zero attached hydrogens (tertiary/aromatic N) is 5. The van der Waals surface area contributed by atoms with E-state index in [2.05, 4.69) is 26.9 Å². The molecule has 0 aliphatic heterocycles. The second-order valence-corrected chi connectivity index (χ2v) is 6.05. The third-order valence-electron chi connectivity index (χ3n) is 4.26. The molecule has 0 saturated carbocycles. The number of benzene rings is 1. The lowest BCUT2D eigenvalue weighted by Gasteiger charge is -2.11. The van der Waals surface area contributed by atoms with Crippen LogP contribution >= 0.6 is 0 Å². The Kier molecular flexibility index (Phi) is 5.90. The zero-order valence-electron chi connectivity index (χ0n) is 15.7. The van der Waals surface area contributed by atoms with Crippen LogP contribution in [0, 0.1) is 17.1 Å². The monoisotopic (exact) mass is 387 g/mol. The van der Waals surface area contributed by atoms with E-state index in [1.807, 2.05) is 24.5 Å². The van der Waals surface area contributed by atoms with Crippen LogP contribution in [0.3, 0.4) is 0 Å². The number of rotatable bonds is 2. The van der Waals surface area contributed by atoms with E-state index >= 15 is 0 Å². The number of halogens is 1. The first kappa shape index (κ1) is 19.6. The van der Waals surface area contributed by atoms with Gasteiger partial charge in [0.05, 0.1) is 5.52 Å². The average Bonchev–Trinajstić information content (AvgIpc) is 2.74. The number of nitrogen functional groups attached to an aromatic ring is 2. The molecule has 29 heavy (non-hydrogen) atoms. The Morgan fingerprint density at radius 3 is 2.41 bits per heavy atom. The van der Waals surface area contributed by atoms with Gasteiger partial charge in [-0.25, -0.2) is 14.4 Å². The van der Waals surface area contributed by atoms with Gasteiger partial charge in [-0.05, 0) is 35.7 Å². The quantitative estimate of drug-likeness (QED) is 0.538. The van der Waals surface area contributed by atoms with Crippen molar-refractivity contribution in [3.8, 4) is 17.2 Å². The van der Waals surface area contributed by atoms with Gasteiger partial charge in [-0.15, -0.1) is 0 Å². The van der Waals surface area contributed by atoms with Crippen molar-refractivity contribution >= 4 is 22.5 Å². The summed E-state index contributed by atoms with van der Waals surface area (Å²) in [6.45, 7) is 2.09. The van der Waals surface area contributed by atoms with Gasteiger partial charge in [-0.1, -0.05) is 13.0 Å². The fourth-order valence-electron chi connectivity index (χ4n) is 2.86.